The van der Waals surface area contributed by atoms with E-state index in [2.05, 4.69) is 15.7 Å². The molecule has 1 aromatic rings. The number of hydrogen-bond donors (Lipinski definition) is 1. The van der Waals surface area contributed by atoms with Crippen LogP contribution in [0.1, 0.15) is 25.1 Å². The van der Waals surface area contributed by atoms with Crippen molar-refractivity contribution in [2.24, 2.45) is 11.1 Å². The van der Waals surface area contributed by atoms with Crippen molar-refractivity contribution in [2.75, 3.05) is 19.8 Å². The molecule has 3 aliphatic heterocycles. The monoisotopic (exact) mass is 263 g/mol. The van der Waals surface area contributed by atoms with Crippen LogP contribution in [0.3, 0.4) is 0 Å². The predicted molar refractivity (Wildman–Crippen MR) is 69.7 cm³/mol. The molecule has 0 radical (unpaired) electrons. The molecule has 1 aromatic heterocycles. The van der Waals surface area contributed by atoms with E-state index in [1.807, 2.05) is 6.20 Å². The van der Waals surface area contributed by atoms with Gasteiger partial charge in [-0.1, -0.05) is 0 Å². The topological polar surface area (TPSA) is 62.3 Å². The molecule has 2 bridgehead atoms. The molecule has 104 valence electrons. The van der Waals surface area contributed by atoms with Crippen LogP contribution in [0.2, 0.25) is 0 Å². The van der Waals surface area contributed by atoms with Crippen molar-refractivity contribution in [1.82, 2.24) is 9.55 Å². The van der Waals surface area contributed by atoms with E-state index >= 15 is 0 Å². The van der Waals surface area contributed by atoms with Gasteiger partial charge in [0.15, 0.2) is 0 Å². The minimum Gasteiger partial charge on any atom is -0.377 e. The highest BCUT2D eigenvalue weighted by Gasteiger charge is 2.61. The summed E-state index contributed by atoms with van der Waals surface area (Å²) in [7, 11) is 0. The van der Waals surface area contributed by atoms with Gasteiger partial charge in [0.25, 0.3) is 0 Å². The van der Waals surface area contributed by atoms with E-state index in [-0.39, 0.29) is 11.0 Å². The van der Waals surface area contributed by atoms with Gasteiger partial charge in [0.2, 0.25) is 0 Å². The molecule has 0 amide bonds. The van der Waals surface area contributed by atoms with Crippen LogP contribution in [0.25, 0.3) is 0 Å². The Kier molecular flexibility index (Phi) is 2.53. The Morgan fingerprint density at radius 1 is 1.53 bits per heavy atom. The van der Waals surface area contributed by atoms with Crippen molar-refractivity contribution in [2.45, 2.75) is 43.9 Å². The number of aryl methyl sites for hydroxylation is 1. The van der Waals surface area contributed by atoms with Crippen LogP contribution in [0.15, 0.2) is 12.4 Å². The van der Waals surface area contributed by atoms with Crippen LogP contribution in [0.5, 0.6) is 0 Å². The highest BCUT2D eigenvalue weighted by atomic mass is 16.5. The van der Waals surface area contributed by atoms with E-state index in [0.717, 1.165) is 51.3 Å². The summed E-state index contributed by atoms with van der Waals surface area (Å²) in [5.41, 5.74) is 6.02. The molecule has 19 heavy (non-hydrogen) atoms. The summed E-state index contributed by atoms with van der Waals surface area (Å²) in [6, 6.07) is 0. The van der Waals surface area contributed by atoms with Gasteiger partial charge in [-0.05, 0) is 19.3 Å². The Bertz CT molecular complexity index is 479. The summed E-state index contributed by atoms with van der Waals surface area (Å²) in [5.74, 6) is 1.15. The number of ether oxygens (including phenoxy) is 2. The van der Waals surface area contributed by atoms with E-state index in [1.54, 1.807) is 0 Å². The average molecular weight is 263 g/mol. The van der Waals surface area contributed by atoms with Gasteiger partial charge in [0.05, 0.1) is 24.9 Å². The van der Waals surface area contributed by atoms with E-state index < -0.39 is 0 Å². The van der Waals surface area contributed by atoms with Crippen molar-refractivity contribution in [3.63, 3.8) is 0 Å². The lowest BCUT2D eigenvalue weighted by molar-refractivity contribution is -0.0612. The van der Waals surface area contributed by atoms with Crippen LogP contribution in [-0.4, -0.2) is 41.0 Å². The first kappa shape index (κ1) is 11.9. The number of imidazole rings is 1. The number of hydrogen-bond acceptors (Lipinski definition) is 4. The molecular weight excluding hydrogens is 242 g/mol. The second-order valence-corrected chi connectivity index (χ2v) is 6.49. The quantitative estimate of drug-likeness (QED) is 0.869. The largest absolute Gasteiger partial charge is 0.377 e. The molecular formula is C14H21N3O2. The molecule has 1 unspecified atom stereocenters. The zero-order valence-electron chi connectivity index (χ0n) is 11.2. The molecule has 5 rings (SSSR count). The Hall–Kier alpha value is -0.910. The minimum atomic E-state index is -0.00776. The first-order valence-corrected chi connectivity index (χ1v) is 7.18. The summed E-state index contributed by atoms with van der Waals surface area (Å²) in [6.45, 7) is 3.32. The third-order valence-corrected chi connectivity index (χ3v) is 4.98. The third-order valence-electron chi connectivity index (χ3n) is 4.98. The maximum atomic E-state index is 6.15. The summed E-state index contributed by atoms with van der Waals surface area (Å²) >= 11 is 0. The van der Waals surface area contributed by atoms with Crippen LogP contribution < -0.4 is 5.73 Å². The zero-order valence-corrected chi connectivity index (χ0v) is 11.2. The first-order chi connectivity index (χ1) is 9.23. The minimum absolute atomic E-state index is 0.00776. The number of nitrogens with two attached hydrogens (primary N) is 1. The van der Waals surface area contributed by atoms with E-state index in [0.29, 0.717) is 12.6 Å². The molecule has 2 N–H and O–H groups in total. The number of nitrogens with zero attached hydrogens (tertiary/aromatic N) is 2. The van der Waals surface area contributed by atoms with Gasteiger partial charge < -0.3 is 19.8 Å². The lowest BCUT2D eigenvalue weighted by Gasteiger charge is -2.44. The molecule has 1 atom stereocenters. The molecule has 1 saturated carbocycles. The van der Waals surface area contributed by atoms with Crippen molar-refractivity contribution < 1.29 is 9.47 Å². The maximum Gasteiger partial charge on any atom is 0.111 e. The van der Waals surface area contributed by atoms with Gasteiger partial charge >= 0.3 is 0 Å². The molecule has 2 saturated heterocycles. The molecule has 0 aromatic carbocycles. The second-order valence-electron chi connectivity index (χ2n) is 6.49. The molecule has 5 nitrogen and oxygen atoms in total. The fourth-order valence-electron chi connectivity index (χ4n) is 3.93. The SMILES string of the molecule is NCC12CC(COC3CCn4ccnc4C3)(CO1)C2. The van der Waals surface area contributed by atoms with Crippen molar-refractivity contribution in [3.8, 4) is 0 Å². The summed E-state index contributed by atoms with van der Waals surface area (Å²) in [5, 5.41) is 0. The third kappa shape index (κ3) is 1.83. The van der Waals surface area contributed by atoms with E-state index in [1.165, 1.54) is 0 Å². The average Bonchev–Trinajstić information content (AvgIpc) is 3.08. The Morgan fingerprint density at radius 2 is 2.42 bits per heavy atom. The highest BCUT2D eigenvalue weighted by Crippen LogP contribution is 2.57. The predicted octanol–water partition coefficient (Wildman–Crippen LogP) is 0.722. The highest BCUT2D eigenvalue weighted by molar-refractivity contribution is 5.12. The normalized spacial score (nSPS) is 39.9. The van der Waals surface area contributed by atoms with Gasteiger partial charge in [-0.25, -0.2) is 4.98 Å². The van der Waals surface area contributed by atoms with Crippen molar-refractivity contribution in [3.05, 3.63) is 18.2 Å². The molecule has 3 fully saturated rings. The molecule has 4 aliphatic rings. The molecule has 1 aliphatic carbocycles. The van der Waals surface area contributed by atoms with Gasteiger partial charge in [-0.2, -0.15) is 0 Å². The standard InChI is InChI=1S/C14H21N3O2/c15-8-14-6-13(7-14,10-19-14)9-18-11-1-3-17-4-2-16-12(17)5-11/h2,4,11H,1,3,5-10,15H2. The van der Waals surface area contributed by atoms with Gasteiger partial charge in [-0.3, -0.25) is 0 Å². The van der Waals surface area contributed by atoms with Gasteiger partial charge in [0, 0.05) is 37.3 Å². The Morgan fingerprint density at radius 3 is 3.21 bits per heavy atom. The summed E-state index contributed by atoms with van der Waals surface area (Å²) in [4.78, 5) is 4.38. The first-order valence-electron chi connectivity index (χ1n) is 7.18. The second kappa shape index (κ2) is 4.04. The van der Waals surface area contributed by atoms with Gasteiger partial charge in [-0.15, -0.1) is 0 Å². The fraction of sp³-hybridized carbons (Fsp3) is 0.786. The molecule has 0 spiro atoms. The summed E-state index contributed by atoms with van der Waals surface area (Å²) < 4.78 is 14.2. The lowest BCUT2D eigenvalue weighted by atomic mass is 9.63. The van der Waals surface area contributed by atoms with Crippen LogP contribution in [0.4, 0.5) is 0 Å². The van der Waals surface area contributed by atoms with Crippen LogP contribution >= 0.6 is 0 Å². The Labute approximate surface area is 113 Å². The smallest absolute Gasteiger partial charge is 0.111 e. The molecule has 5 heteroatoms. The number of fused-ring (bicyclic) bond motifs is 2. The fourth-order valence-corrected chi connectivity index (χ4v) is 3.93. The van der Waals surface area contributed by atoms with E-state index in [4.69, 9.17) is 15.2 Å². The van der Waals surface area contributed by atoms with E-state index in [9.17, 15) is 0 Å². The van der Waals surface area contributed by atoms with Crippen molar-refractivity contribution in [1.29, 1.82) is 0 Å². The molecule has 4 heterocycles. The number of aromatic nitrogens is 2. The number of rotatable bonds is 4. The summed E-state index contributed by atoms with van der Waals surface area (Å²) in [6.07, 6.45) is 8.43. The van der Waals surface area contributed by atoms with Crippen molar-refractivity contribution >= 4 is 0 Å². The maximum absolute atomic E-state index is 6.15. The lowest BCUT2D eigenvalue weighted by Crippen LogP contribution is -2.51. The van der Waals surface area contributed by atoms with Crippen LogP contribution in [-0.2, 0) is 22.4 Å². The zero-order chi connectivity index (χ0) is 12.9. The van der Waals surface area contributed by atoms with Gasteiger partial charge in [0.1, 0.15) is 5.82 Å². The van der Waals surface area contributed by atoms with Crippen LogP contribution in [0, 0.1) is 5.41 Å². The Balaban J connectivity index is 1.33.